The average molecular weight is 310 g/mol. The molecule has 0 radical (unpaired) electrons. The molecule has 2 aromatic heterocycles. The van der Waals surface area contributed by atoms with Crippen LogP contribution >= 0.6 is 0 Å². The molecule has 7 heteroatoms. The summed E-state index contributed by atoms with van der Waals surface area (Å²) in [6.07, 6.45) is 5.76. The first-order valence-corrected chi connectivity index (χ1v) is 7.77. The number of hydrogen-bond donors (Lipinski definition) is 3. The lowest BCUT2D eigenvalue weighted by Gasteiger charge is -2.13. The molecular formula is C16H18N6O. The average Bonchev–Trinajstić information content (AvgIpc) is 3.24. The molecule has 1 aromatic carbocycles. The van der Waals surface area contributed by atoms with Crippen molar-refractivity contribution in [2.75, 3.05) is 17.2 Å². The summed E-state index contributed by atoms with van der Waals surface area (Å²) in [5.74, 6) is 2.33. The van der Waals surface area contributed by atoms with Crippen LogP contribution in [0.1, 0.15) is 19.8 Å². The topological polar surface area (TPSA) is 87.8 Å². The van der Waals surface area contributed by atoms with Crippen LogP contribution in [0.25, 0.3) is 10.9 Å². The summed E-state index contributed by atoms with van der Waals surface area (Å²) in [5, 5.41) is 14.7. The number of ether oxygens (including phenoxy) is 1. The fraction of sp³-hybridized carbons (Fsp3) is 0.312. The van der Waals surface area contributed by atoms with Gasteiger partial charge in [0.05, 0.1) is 24.0 Å². The highest BCUT2D eigenvalue weighted by Gasteiger charge is 2.21. The number of benzene rings is 1. The van der Waals surface area contributed by atoms with E-state index in [-0.39, 0.29) is 0 Å². The first-order chi connectivity index (χ1) is 11.3. The van der Waals surface area contributed by atoms with Gasteiger partial charge in [0.25, 0.3) is 0 Å². The molecule has 1 aliphatic carbocycles. The van der Waals surface area contributed by atoms with E-state index in [2.05, 4.69) is 30.8 Å². The molecule has 2 heterocycles. The summed E-state index contributed by atoms with van der Waals surface area (Å²) < 4.78 is 5.72. The van der Waals surface area contributed by atoms with Gasteiger partial charge in [-0.3, -0.25) is 5.10 Å². The monoisotopic (exact) mass is 310 g/mol. The van der Waals surface area contributed by atoms with Gasteiger partial charge in [-0.15, -0.1) is 0 Å². The van der Waals surface area contributed by atoms with Crippen LogP contribution in [0.4, 0.5) is 17.3 Å². The Hall–Kier alpha value is -2.83. The maximum Gasteiger partial charge on any atom is 0.144 e. The van der Waals surface area contributed by atoms with E-state index in [9.17, 15) is 0 Å². The van der Waals surface area contributed by atoms with Crippen LogP contribution in [0.3, 0.4) is 0 Å². The lowest BCUT2D eigenvalue weighted by atomic mass is 10.2. The Kier molecular flexibility index (Phi) is 3.45. The van der Waals surface area contributed by atoms with Gasteiger partial charge in [0, 0.05) is 23.6 Å². The number of H-pyrrole nitrogens is 1. The molecule has 7 nitrogen and oxygen atoms in total. The predicted molar refractivity (Wildman–Crippen MR) is 89.2 cm³/mol. The number of nitrogens with one attached hydrogen (secondary N) is 3. The van der Waals surface area contributed by atoms with Crippen molar-refractivity contribution >= 4 is 28.2 Å². The number of aromatic amines is 1. The molecule has 0 bridgehead atoms. The second kappa shape index (κ2) is 5.75. The van der Waals surface area contributed by atoms with Gasteiger partial charge in [0.2, 0.25) is 0 Å². The van der Waals surface area contributed by atoms with Crippen molar-refractivity contribution in [2.24, 2.45) is 0 Å². The second-order valence-electron chi connectivity index (χ2n) is 5.57. The van der Waals surface area contributed by atoms with E-state index in [0.29, 0.717) is 12.6 Å². The quantitative estimate of drug-likeness (QED) is 0.648. The van der Waals surface area contributed by atoms with Gasteiger partial charge in [-0.1, -0.05) is 0 Å². The summed E-state index contributed by atoms with van der Waals surface area (Å²) in [5.41, 5.74) is 1.80. The van der Waals surface area contributed by atoms with Gasteiger partial charge in [0.15, 0.2) is 0 Å². The van der Waals surface area contributed by atoms with E-state index in [1.807, 2.05) is 25.1 Å². The highest BCUT2D eigenvalue weighted by Crippen LogP contribution is 2.32. The van der Waals surface area contributed by atoms with Gasteiger partial charge in [-0.05, 0) is 25.8 Å². The summed E-state index contributed by atoms with van der Waals surface area (Å²) in [7, 11) is 0. The van der Waals surface area contributed by atoms with Crippen molar-refractivity contribution in [3.63, 3.8) is 0 Å². The Morgan fingerprint density at radius 3 is 2.91 bits per heavy atom. The van der Waals surface area contributed by atoms with Gasteiger partial charge in [0.1, 0.15) is 23.7 Å². The molecule has 118 valence electrons. The molecule has 0 saturated heterocycles. The standard InChI is InChI=1S/C16H18N6O/c1-2-23-14-6-12-10(8-19-22-12)5-13(14)21-16-7-15(17-9-18-16)20-11-3-4-11/h5-9,11H,2-4H2,1H3,(H,19,22)(H2,17,18,20,21). The number of nitrogens with zero attached hydrogens (tertiary/aromatic N) is 3. The first-order valence-electron chi connectivity index (χ1n) is 7.77. The summed E-state index contributed by atoms with van der Waals surface area (Å²) in [6, 6.07) is 6.41. The van der Waals surface area contributed by atoms with Crippen LogP contribution in [0.2, 0.25) is 0 Å². The number of fused-ring (bicyclic) bond motifs is 1. The Labute approximate surface area is 133 Å². The molecule has 3 N–H and O–H groups in total. The van der Waals surface area contributed by atoms with E-state index in [0.717, 1.165) is 34.0 Å². The normalized spacial score (nSPS) is 14.0. The fourth-order valence-corrected chi connectivity index (χ4v) is 2.42. The van der Waals surface area contributed by atoms with Gasteiger partial charge in [-0.25, -0.2) is 9.97 Å². The molecule has 23 heavy (non-hydrogen) atoms. The molecule has 4 rings (SSSR count). The van der Waals surface area contributed by atoms with E-state index in [1.165, 1.54) is 12.8 Å². The van der Waals surface area contributed by atoms with Crippen LogP contribution in [0.15, 0.2) is 30.7 Å². The highest BCUT2D eigenvalue weighted by atomic mass is 16.5. The Morgan fingerprint density at radius 2 is 2.09 bits per heavy atom. The number of rotatable bonds is 6. The predicted octanol–water partition coefficient (Wildman–Crippen LogP) is 3.07. The van der Waals surface area contributed by atoms with E-state index in [4.69, 9.17) is 4.74 Å². The zero-order valence-corrected chi connectivity index (χ0v) is 12.8. The molecule has 1 fully saturated rings. The highest BCUT2D eigenvalue weighted by molar-refractivity contribution is 5.86. The van der Waals surface area contributed by atoms with Crippen molar-refractivity contribution in [3.8, 4) is 5.75 Å². The minimum atomic E-state index is 0.555. The number of aromatic nitrogens is 4. The zero-order valence-electron chi connectivity index (χ0n) is 12.8. The lowest BCUT2D eigenvalue weighted by molar-refractivity contribution is 0.342. The van der Waals surface area contributed by atoms with Crippen LogP contribution < -0.4 is 15.4 Å². The second-order valence-corrected chi connectivity index (χ2v) is 5.57. The minimum Gasteiger partial charge on any atom is -0.492 e. The number of hydrogen-bond acceptors (Lipinski definition) is 6. The van der Waals surface area contributed by atoms with E-state index < -0.39 is 0 Å². The third-order valence-electron chi connectivity index (χ3n) is 3.70. The Bertz CT molecular complexity index is 826. The molecule has 0 aliphatic heterocycles. The van der Waals surface area contributed by atoms with E-state index in [1.54, 1.807) is 12.5 Å². The van der Waals surface area contributed by atoms with Crippen molar-refractivity contribution in [1.82, 2.24) is 20.2 Å². The minimum absolute atomic E-state index is 0.555. The molecule has 0 amide bonds. The molecule has 0 atom stereocenters. The Balaban J connectivity index is 1.63. The van der Waals surface area contributed by atoms with Crippen molar-refractivity contribution in [1.29, 1.82) is 0 Å². The van der Waals surface area contributed by atoms with Crippen LogP contribution in [0.5, 0.6) is 5.75 Å². The van der Waals surface area contributed by atoms with Crippen molar-refractivity contribution in [2.45, 2.75) is 25.8 Å². The largest absolute Gasteiger partial charge is 0.492 e. The zero-order chi connectivity index (χ0) is 15.6. The fourth-order valence-electron chi connectivity index (χ4n) is 2.42. The van der Waals surface area contributed by atoms with Crippen LogP contribution in [-0.2, 0) is 0 Å². The van der Waals surface area contributed by atoms with Crippen LogP contribution in [-0.4, -0.2) is 32.8 Å². The summed E-state index contributed by atoms with van der Waals surface area (Å²) in [4.78, 5) is 8.54. The molecule has 1 saturated carbocycles. The van der Waals surface area contributed by atoms with Crippen molar-refractivity contribution < 1.29 is 4.74 Å². The van der Waals surface area contributed by atoms with E-state index >= 15 is 0 Å². The SMILES string of the molecule is CCOc1cc2[nH]ncc2cc1Nc1cc(NC2CC2)ncn1. The lowest BCUT2D eigenvalue weighted by Crippen LogP contribution is -2.05. The van der Waals surface area contributed by atoms with Crippen molar-refractivity contribution in [3.05, 3.63) is 30.7 Å². The Morgan fingerprint density at radius 1 is 1.22 bits per heavy atom. The van der Waals surface area contributed by atoms with Gasteiger partial charge >= 0.3 is 0 Å². The molecular weight excluding hydrogens is 292 g/mol. The third-order valence-corrected chi connectivity index (χ3v) is 3.70. The maximum absolute atomic E-state index is 5.72. The molecule has 0 spiro atoms. The summed E-state index contributed by atoms with van der Waals surface area (Å²) in [6.45, 7) is 2.55. The van der Waals surface area contributed by atoms with Crippen LogP contribution in [0, 0.1) is 0 Å². The third kappa shape index (κ3) is 3.03. The smallest absolute Gasteiger partial charge is 0.144 e. The maximum atomic E-state index is 5.72. The number of anilines is 3. The molecule has 3 aromatic rings. The molecule has 0 unspecified atom stereocenters. The summed E-state index contributed by atoms with van der Waals surface area (Å²) >= 11 is 0. The van der Waals surface area contributed by atoms with Gasteiger partial charge in [-0.2, -0.15) is 5.10 Å². The first kappa shape index (κ1) is 13.8. The van der Waals surface area contributed by atoms with Gasteiger partial charge < -0.3 is 15.4 Å². The molecule has 1 aliphatic rings.